The molecular weight excluding hydrogens is 393 g/mol. The Morgan fingerprint density at radius 3 is 2.50 bits per heavy atom. The van der Waals surface area contributed by atoms with E-state index in [0.717, 1.165) is 23.3 Å². The summed E-state index contributed by atoms with van der Waals surface area (Å²) in [5.74, 6) is 0.996. The number of hydrogen-bond acceptors (Lipinski definition) is 7. The molecule has 0 amide bonds. The van der Waals surface area contributed by atoms with Crippen molar-refractivity contribution >= 4 is 38.8 Å². The first kappa shape index (κ1) is 19.9. The predicted octanol–water partition coefficient (Wildman–Crippen LogP) is 6.18. The molecule has 3 rings (SSSR count). The molecule has 0 aliphatic rings. The van der Waals surface area contributed by atoms with Crippen molar-refractivity contribution in [2.45, 2.75) is 13.1 Å². The van der Waals surface area contributed by atoms with Gasteiger partial charge in [0.25, 0.3) is 0 Å². The molecular formula is C18H17F3N4O2S. The number of anilines is 1. The third kappa shape index (κ3) is 3.86. The monoisotopic (exact) mass is 410 g/mol. The molecule has 0 aliphatic heterocycles. The van der Waals surface area contributed by atoms with Crippen molar-refractivity contribution < 1.29 is 22.6 Å². The molecule has 0 spiro atoms. The van der Waals surface area contributed by atoms with Gasteiger partial charge < -0.3 is 14.8 Å². The Hall–Kier alpha value is -2.88. The van der Waals surface area contributed by atoms with Crippen LogP contribution in [-0.2, 0) is 6.18 Å². The molecule has 0 radical (unpaired) electrons. The molecule has 10 heteroatoms. The molecule has 0 unspecified atom stereocenters. The maximum absolute atomic E-state index is 13.1. The minimum absolute atomic E-state index is 0.138. The Bertz CT molecular complexity index is 1020. The van der Waals surface area contributed by atoms with Gasteiger partial charge in [-0.05, 0) is 30.6 Å². The van der Waals surface area contributed by atoms with Gasteiger partial charge in [-0.1, -0.05) is 6.07 Å². The largest absolute Gasteiger partial charge is 0.495 e. The summed E-state index contributed by atoms with van der Waals surface area (Å²) >= 11 is 0.852. The number of nitrogens with zero attached hydrogens (tertiary/aromatic N) is 3. The summed E-state index contributed by atoms with van der Waals surface area (Å²) in [5.41, 5.74) is 0.186. The first-order chi connectivity index (χ1) is 13.4. The van der Waals surface area contributed by atoms with E-state index >= 15 is 0 Å². The summed E-state index contributed by atoms with van der Waals surface area (Å²) in [4.78, 5) is 0. The van der Waals surface area contributed by atoms with Crippen LogP contribution in [-0.4, -0.2) is 25.1 Å². The van der Waals surface area contributed by atoms with Crippen LogP contribution < -0.4 is 14.8 Å². The highest BCUT2D eigenvalue weighted by atomic mass is 32.1. The molecule has 1 aromatic heterocycles. The van der Waals surface area contributed by atoms with Gasteiger partial charge in [0.1, 0.15) is 17.2 Å². The van der Waals surface area contributed by atoms with Crippen LogP contribution in [0, 0.1) is 0 Å². The van der Waals surface area contributed by atoms with Crippen molar-refractivity contribution in [3.63, 3.8) is 0 Å². The summed E-state index contributed by atoms with van der Waals surface area (Å²) in [5, 5.41) is 12.0. The smallest absolute Gasteiger partial charge is 0.418 e. The highest BCUT2D eigenvalue weighted by Gasteiger charge is 2.34. The second-order valence-corrected chi connectivity index (χ2v) is 6.39. The third-order valence-corrected chi connectivity index (χ3v) is 4.66. The van der Waals surface area contributed by atoms with E-state index in [0.29, 0.717) is 29.1 Å². The molecule has 28 heavy (non-hydrogen) atoms. The van der Waals surface area contributed by atoms with Crippen molar-refractivity contribution in [2.75, 3.05) is 26.1 Å². The van der Waals surface area contributed by atoms with Gasteiger partial charge in [-0.15, -0.1) is 10.2 Å². The highest BCUT2D eigenvalue weighted by Crippen LogP contribution is 2.42. The molecule has 3 aromatic rings. The molecule has 0 atom stereocenters. The summed E-state index contributed by atoms with van der Waals surface area (Å²) in [6.45, 7) is 2.64. The lowest BCUT2D eigenvalue weighted by atomic mass is 10.1. The van der Waals surface area contributed by atoms with E-state index in [-0.39, 0.29) is 10.5 Å². The van der Waals surface area contributed by atoms with E-state index in [2.05, 4.69) is 19.9 Å². The fraction of sp³-hybridized carbons (Fsp3) is 0.278. The normalized spacial score (nSPS) is 11.9. The number of benzene rings is 2. The standard InChI is InChI=1S/C18H17F3N4O2S/c1-4-22-12-8-15(27-3)13(9-14(12)26-2)23-24-17-10-6-5-7-11(18(19,20)21)16(10)25-28-17/h5-9,22H,4H2,1-3H3. The van der Waals surface area contributed by atoms with E-state index in [4.69, 9.17) is 9.47 Å². The quantitative estimate of drug-likeness (QED) is 0.493. The Morgan fingerprint density at radius 1 is 1.11 bits per heavy atom. The lowest BCUT2D eigenvalue weighted by Gasteiger charge is -2.13. The molecule has 148 valence electrons. The second kappa shape index (κ2) is 8.01. The van der Waals surface area contributed by atoms with Crippen molar-refractivity contribution in [2.24, 2.45) is 10.2 Å². The van der Waals surface area contributed by atoms with Crippen molar-refractivity contribution in [1.29, 1.82) is 0 Å². The van der Waals surface area contributed by atoms with Gasteiger partial charge in [-0.25, -0.2) is 0 Å². The Balaban J connectivity index is 2.03. The number of alkyl halides is 3. The number of halogens is 3. The maximum atomic E-state index is 13.1. The zero-order chi connectivity index (χ0) is 20.3. The van der Waals surface area contributed by atoms with Gasteiger partial charge in [-0.3, -0.25) is 0 Å². The van der Waals surface area contributed by atoms with E-state index < -0.39 is 11.7 Å². The SMILES string of the molecule is CCNc1cc(OC)c(N=Nc2snc3c(C(F)(F)F)cccc23)cc1OC. The number of methoxy groups -OCH3 is 2. The summed E-state index contributed by atoms with van der Waals surface area (Å²) in [6, 6.07) is 7.23. The second-order valence-electron chi connectivity index (χ2n) is 5.64. The Morgan fingerprint density at radius 2 is 1.86 bits per heavy atom. The molecule has 6 nitrogen and oxygen atoms in total. The van der Waals surface area contributed by atoms with Crippen LogP contribution >= 0.6 is 11.5 Å². The fourth-order valence-electron chi connectivity index (χ4n) is 2.64. The molecule has 0 aliphatic carbocycles. The van der Waals surface area contributed by atoms with Crippen LogP contribution in [0.25, 0.3) is 10.9 Å². The fourth-order valence-corrected chi connectivity index (χ4v) is 3.36. The lowest BCUT2D eigenvalue weighted by molar-refractivity contribution is -0.136. The number of aromatic nitrogens is 1. The molecule has 1 heterocycles. The highest BCUT2D eigenvalue weighted by molar-refractivity contribution is 7.11. The first-order valence-corrected chi connectivity index (χ1v) is 9.03. The number of nitrogens with one attached hydrogen (secondary N) is 1. The zero-order valence-corrected chi connectivity index (χ0v) is 16.1. The van der Waals surface area contributed by atoms with Gasteiger partial charge in [0.05, 0.1) is 31.0 Å². The molecule has 1 N–H and O–H groups in total. The van der Waals surface area contributed by atoms with E-state index in [9.17, 15) is 13.2 Å². The minimum atomic E-state index is -4.49. The summed E-state index contributed by atoms with van der Waals surface area (Å²) < 4.78 is 54.0. The van der Waals surface area contributed by atoms with E-state index in [1.54, 1.807) is 12.1 Å². The van der Waals surface area contributed by atoms with Crippen LogP contribution in [0.2, 0.25) is 0 Å². The minimum Gasteiger partial charge on any atom is -0.495 e. The molecule has 0 bridgehead atoms. The Labute approximate surface area is 163 Å². The number of fused-ring (bicyclic) bond motifs is 1. The summed E-state index contributed by atoms with van der Waals surface area (Å²) in [6.07, 6.45) is -4.49. The number of azo groups is 1. The predicted molar refractivity (Wildman–Crippen MR) is 103 cm³/mol. The van der Waals surface area contributed by atoms with Crippen LogP contribution in [0.15, 0.2) is 40.6 Å². The third-order valence-electron chi connectivity index (χ3n) is 3.91. The first-order valence-electron chi connectivity index (χ1n) is 8.26. The van der Waals surface area contributed by atoms with Crippen molar-refractivity contribution in [1.82, 2.24) is 4.37 Å². The number of rotatable bonds is 6. The zero-order valence-electron chi connectivity index (χ0n) is 15.3. The van der Waals surface area contributed by atoms with E-state index in [1.165, 1.54) is 26.4 Å². The van der Waals surface area contributed by atoms with Gasteiger partial charge >= 0.3 is 6.18 Å². The van der Waals surface area contributed by atoms with Gasteiger partial charge in [0, 0.05) is 24.1 Å². The average molecular weight is 410 g/mol. The summed E-state index contributed by atoms with van der Waals surface area (Å²) in [7, 11) is 3.02. The molecule has 0 saturated carbocycles. The lowest BCUT2D eigenvalue weighted by Crippen LogP contribution is -2.05. The van der Waals surface area contributed by atoms with Crippen LogP contribution in [0.3, 0.4) is 0 Å². The van der Waals surface area contributed by atoms with Crippen molar-refractivity contribution in [3.8, 4) is 11.5 Å². The van der Waals surface area contributed by atoms with Gasteiger partial charge in [0.15, 0.2) is 5.00 Å². The van der Waals surface area contributed by atoms with Gasteiger partial charge in [0.2, 0.25) is 0 Å². The molecule has 0 saturated heterocycles. The van der Waals surface area contributed by atoms with Crippen molar-refractivity contribution in [3.05, 3.63) is 35.9 Å². The molecule has 0 fully saturated rings. The van der Waals surface area contributed by atoms with Gasteiger partial charge in [-0.2, -0.15) is 17.5 Å². The average Bonchev–Trinajstić information content (AvgIpc) is 3.09. The van der Waals surface area contributed by atoms with Crippen LogP contribution in [0.1, 0.15) is 12.5 Å². The van der Waals surface area contributed by atoms with E-state index in [1.807, 2.05) is 6.92 Å². The maximum Gasteiger partial charge on any atom is 0.418 e. The van der Waals surface area contributed by atoms with Crippen LogP contribution in [0.4, 0.5) is 29.5 Å². The number of ether oxygens (including phenoxy) is 2. The topological polar surface area (TPSA) is 68.1 Å². The van der Waals surface area contributed by atoms with Crippen LogP contribution in [0.5, 0.6) is 11.5 Å². The number of hydrogen-bond donors (Lipinski definition) is 1. The Kier molecular flexibility index (Phi) is 5.68. The molecule has 2 aromatic carbocycles.